The summed E-state index contributed by atoms with van der Waals surface area (Å²) >= 11 is 0. The summed E-state index contributed by atoms with van der Waals surface area (Å²) in [6.45, 7) is 3.35. The van der Waals surface area contributed by atoms with Gasteiger partial charge in [-0.05, 0) is 61.1 Å². The molecule has 1 aliphatic carbocycles. The van der Waals surface area contributed by atoms with Crippen LogP contribution in [0.4, 0.5) is 4.39 Å². The zero-order valence-electron chi connectivity index (χ0n) is 21.2. The van der Waals surface area contributed by atoms with E-state index >= 15 is 0 Å². The van der Waals surface area contributed by atoms with E-state index in [1.807, 2.05) is 29.7 Å². The van der Waals surface area contributed by atoms with Crippen molar-refractivity contribution in [1.29, 1.82) is 5.41 Å². The molecule has 0 spiro atoms. The number of H-pyrrole nitrogens is 1. The van der Waals surface area contributed by atoms with E-state index in [4.69, 9.17) is 24.6 Å². The predicted molar refractivity (Wildman–Crippen MR) is 137 cm³/mol. The number of rotatable bonds is 10. The van der Waals surface area contributed by atoms with E-state index in [1.54, 1.807) is 25.6 Å². The molecule has 2 aromatic heterocycles. The highest BCUT2D eigenvalue weighted by Crippen LogP contribution is 2.33. The summed E-state index contributed by atoms with van der Waals surface area (Å²) in [5.41, 5.74) is 3.32. The van der Waals surface area contributed by atoms with Crippen molar-refractivity contribution in [3.8, 4) is 11.5 Å². The molecule has 9 heteroatoms. The van der Waals surface area contributed by atoms with E-state index in [2.05, 4.69) is 9.97 Å². The van der Waals surface area contributed by atoms with Gasteiger partial charge < -0.3 is 23.8 Å². The zero-order valence-corrected chi connectivity index (χ0v) is 21.2. The van der Waals surface area contributed by atoms with Crippen molar-refractivity contribution in [2.45, 2.75) is 57.8 Å². The third-order valence-corrected chi connectivity index (χ3v) is 6.73. The number of imidazole rings is 1. The Kier molecular flexibility index (Phi) is 7.50. The lowest BCUT2D eigenvalue weighted by atomic mass is 10.2. The third-order valence-electron chi connectivity index (χ3n) is 6.73. The van der Waals surface area contributed by atoms with Crippen LogP contribution in [0.1, 0.15) is 55.5 Å². The Hall–Kier alpha value is -3.72. The van der Waals surface area contributed by atoms with E-state index in [0.29, 0.717) is 30.9 Å². The van der Waals surface area contributed by atoms with Gasteiger partial charge in [0.25, 0.3) is 0 Å². The SMILES string of the molecule is COc1ccc(Cn2cnc(=N)c3[nH]c(C(C)COCc4ccc(F)cc4)nc32)cc1OC1CCCC1. The molecule has 5 rings (SSSR count). The van der Waals surface area contributed by atoms with E-state index < -0.39 is 0 Å². The molecule has 0 amide bonds. The van der Waals surface area contributed by atoms with Gasteiger partial charge in [-0.15, -0.1) is 0 Å². The Morgan fingerprint density at radius 3 is 2.62 bits per heavy atom. The maximum Gasteiger partial charge on any atom is 0.173 e. The minimum Gasteiger partial charge on any atom is -0.493 e. The lowest BCUT2D eigenvalue weighted by Gasteiger charge is -2.17. The number of methoxy groups -OCH3 is 1. The smallest absolute Gasteiger partial charge is 0.173 e. The van der Waals surface area contributed by atoms with Crippen molar-refractivity contribution < 1.29 is 18.6 Å². The third kappa shape index (κ3) is 5.83. The van der Waals surface area contributed by atoms with Crippen LogP contribution in [0.3, 0.4) is 0 Å². The summed E-state index contributed by atoms with van der Waals surface area (Å²) < 4.78 is 32.7. The van der Waals surface area contributed by atoms with Crippen LogP contribution in [-0.4, -0.2) is 39.3 Å². The van der Waals surface area contributed by atoms with Crippen LogP contribution in [0.25, 0.3) is 11.2 Å². The average Bonchev–Trinajstić information content (AvgIpc) is 3.58. The monoisotopic (exact) mass is 505 g/mol. The number of ether oxygens (including phenoxy) is 3. The van der Waals surface area contributed by atoms with Crippen molar-refractivity contribution in [2.75, 3.05) is 13.7 Å². The molecule has 1 unspecified atom stereocenters. The lowest BCUT2D eigenvalue weighted by molar-refractivity contribution is 0.109. The molecule has 1 saturated carbocycles. The molecule has 8 nitrogen and oxygen atoms in total. The van der Waals surface area contributed by atoms with Gasteiger partial charge in [-0.1, -0.05) is 25.1 Å². The van der Waals surface area contributed by atoms with Crippen LogP contribution in [0, 0.1) is 11.2 Å². The minimum atomic E-state index is -0.264. The molecule has 0 saturated heterocycles. The van der Waals surface area contributed by atoms with Gasteiger partial charge in [-0.3, -0.25) is 5.41 Å². The van der Waals surface area contributed by atoms with Gasteiger partial charge in [0.05, 0.1) is 39.3 Å². The lowest BCUT2D eigenvalue weighted by Crippen LogP contribution is -2.14. The van der Waals surface area contributed by atoms with Crippen molar-refractivity contribution in [2.24, 2.45) is 0 Å². The number of nitrogens with zero attached hydrogens (tertiary/aromatic N) is 3. The number of hydrogen-bond acceptors (Lipinski definition) is 6. The van der Waals surface area contributed by atoms with E-state index in [0.717, 1.165) is 41.3 Å². The molecule has 4 aromatic rings. The molecule has 0 bridgehead atoms. The fraction of sp³-hybridized carbons (Fsp3) is 0.393. The largest absolute Gasteiger partial charge is 0.493 e. The van der Waals surface area contributed by atoms with Crippen LogP contribution >= 0.6 is 0 Å². The van der Waals surface area contributed by atoms with E-state index in [1.165, 1.54) is 25.0 Å². The summed E-state index contributed by atoms with van der Waals surface area (Å²) in [4.78, 5) is 12.3. The van der Waals surface area contributed by atoms with Crippen molar-refractivity contribution >= 4 is 11.2 Å². The normalized spacial score (nSPS) is 14.8. The highest BCUT2D eigenvalue weighted by molar-refractivity contribution is 5.69. The van der Waals surface area contributed by atoms with E-state index in [9.17, 15) is 4.39 Å². The summed E-state index contributed by atoms with van der Waals surface area (Å²) in [6.07, 6.45) is 6.41. The number of aromatic nitrogens is 4. The molecule has 0 aliphatic heterocycles. The molecule has 2 heterocycles. The van der Waals surface area contributed by atoms with Gasteiger partial charge in [0.15, 0.2) is 22.6 Å². The molecular formula is C28H32FN5O3. The maximum absolute atomic E-state index is 13.1. The fourth-order valence-corrected chi connectivity index (χ4v) is 4.66. The second-order valence-corrected chi connectivity index (χ2v) is 9.59. The molecule has 1 fully saturated rings. The van der Waals surface area contributed by atoms with Crippen LogP contribution in [0.15, 0.2) is 48.8 Å². The molecule has 194 valence electrons. The summed E-state index contributed by atoms with van der Waals surface area (Å²) in [7, 11) is 1.65. The second kappa shape index (κ2) is 11.1. The van der Waals surface area contributed by atoms with Gasteiger partial charge >= 0.3 is 0 Å². The summed E-state index contributed by atoms with van der Waals surface area (Å²) in [5, 5.41) is 8.28. The van der Waals surface area contributed by atoms with Gasteiger partial charge in [-0.25, -0.2) is 14.4 Å². The standard InChI is InChI=1S/C28H32FN5O3/c1-18(15-36-16-19-7-10-21(29)11-8-19)27-32-25-26(30)31-17-34(28(25)33-27)14-20-9-12-23(35-2)24(13-20)37-22-5-3-4-6-22/h7-13,17-18,22,30H,3-6,14-16H2,1-2H3,(H,32,33). The number of benzene rings is 2. The Bertz CT molecular complexity index is 1410. The number of aromatic amines is 1. The number of hydrogen-bond donors (Lipinski definition) is 2. The van der Waals surface area contributed by atoms with Crippen molar-refractivity contribution in [3.63, 3.8) is 0 Å². The Labute approximate surface area is 215 Å². The molecule has 0 radical (unpaired) electrons. The highest BCUT2D eigenvalue weighted by atomic mass is 19.1. The minimum absolute atomic E-state index is 0.0342. The van der Waals surface area contributed by atoms with Crippen LogP contribution in [0.5, 0.6) is 11.5 Å². The Morgan fingerprint density at radius 2 is 1.86 bits per heavy atom. The maximum atomic E-state index is 13.1. The second-order valence-electron chi connectivity index (χ2n) is 9.59. The molecule has 37 heavy (non-hydrogen) atoms. The van der Waals surface area contributed by atoms with Gasteiger partial charge in [-0.2, -0.15) is 0 Å². The van der Waals surface area contributed by atoms with Gasteiger partial charge in [0.1, 0.15) is 17.2 Å². The molecule has 1 atom stereocenters. The van der Waals surface area contributed by atoms with Crippen LogP contribution in [0.2, 0.25) is 0 Å². The van der Waals surface area contributed by atoms with Crippen LogP contribution < -0.4 is 15.0 Å². The zero-order chi connectivity index (χ0) is 25.8. The Balaban J connectivity index is 1.32. The van der Waals surface area contributed by atoms with Crippen LogP contribution in [-0.2, 0) is 17.9 Å². The number of nitrogens with one attached hydrogen (secondary N) is 2. The molecular weight excluding hydrogens is 473 g/mol. The molecule has 2 N–H and O–H groups in total. The first-order chi connectivity index (χ1) is 18.0. The summed E-state index contributed by atoms with van der Waals surface area (Å²) in [6, 6.07) is 12.2. The highest BCUT2D eigenvalue weighted by Gasteiger charge is 2.19. The van der Waals surface area contributed by atoms with Gasteiger partial charge in [0, 0.05) is 5.92 Å². The molecule has 1 aliphatic rings. The topological polar surface area (TPSA) is 98.0 Å². The number of halogens is 1. The van der Waals surface area contributed by atoms with Crippen molar-refractivity contribution in [1.82, 2.24) is 19.5 Å². The van der Waals surface area contributed by atoms with Gasteiger partial charge in [0.2, 0.25) is 0 Å². The quantitative estimate of drug-likeness (QED) is 0.313. The van der Waals surface area contributed by atoms with E-state index in [-0.39, 0.29) is 23.3 Å². The summed E-state index contributed by atoms with van der Waals surface area (Å²) in [5.74, 6) is 1.91. The molecule has 2 aromatic carbocycles. The Morgan fingerprint density at radius 1 is 1.11 bits per heavy atom. The van der Waals surface area contributed by atoms with Crippen molar-refractivity contribution in [3.05, 3.63) is 77.0 Å². The average molecular weight is 506 g/mol. The predicted octanol–water partition coefficient (Wildman–Crippen LogP) is 5.08. The first kappa shape index (κ1) is 25.0. The number of fused-ring (bicyclic) bond motifs is 1. The first-order valence-electron chi connectivity index (χ1n) is 12.7. The fourth-order valence-electron chi connectivity index (χ4n) is 4.66. The first-order valence-corrected chi connectivity index (χ1v) is 12.7.